The first-order valence-electron chi connectivity index (χ1n) is 17.7. The quantitative estimate of drug-likeness (QED) is 0.115. The van der Waals surface area contributed by atoms with Crippen molar-refractivity contribution in [2.24, 2.45) is 5.92 Å². The summed E-state index contributed by atoms with van der Waals surface area (Å²) < 4.78 is 0. The Morgan fingerprint density at radius 3 is 1.25 bits per heavy atom. The van der Waals surface area contributed by atoms with E-state index in [-0.39, 0.29) is 0 Å². The second-order valence-corrected chi connectivity index (χ2v) is 12.7. The summed E-state index contributed by atoms with van der Waals surface area (Å²) in [6.45, 7) is 11.6. The van der Waals surface area contributed by atoms with E-state index in [1.54, 1.807) is 33.4 Å². The molecular formula is C40H65. The first-order valence-corrected chi connectivity index (χ1v) is 17.7. The number of hydrogen-bond donors (Lipinski definition) is 0. The zero-order valence-corrected chi connectivity index (χ0v) is 27.5. The van der Waals surface area contributed by atoms with Gasteiger partial charge in [-0.25, -0.2) is 0 Å². The van der Waals surface area contributed by atoms with Gasteiger partial charge in [-0.15, -0.1) is 0 Å². The Balaban J connectivity index is 2.18. The normalized spacial score (nSPS) is 12.2. The average molecular weight is 546 g/mol. The fraction of sp³-hybridized carbons (Fsp3) is 0.675. The maximum atomic E-state index is 2.71. The van der Waals surface area contributed by atoms with Crippen LogP contribution in [0.1, 0.15) is 164 Å². The molecule has 2 rings (SSSR count). The summed E-state index contributed by atoms with van der Waals surface area (Å²) in [4.78, 5) is 0. The highest BCUT2D eigenvalue weighted by molar-refractivity contribution is 5.33. The van der Waals surface area contributed by atoms with Crippen molar-refractivity contribution in [3.63, 3.8) is 0 Å². The van der Waals surface area contributed by atoms with Crippen LogP contribution in [0, 0.1) is 12.3 Å². The van der Waals surface area contributed by atoms with E-state index in [0.29, 0.717) is 5.92 Å². The molecule has 2 aromatic rings. The van der Waals surface area contributed by atoms with Crippen molar-refractivity contribution in [1.29, 1.82) is 0 Å². The molecule has 1 radical (unpaired) electrons. The molecule has 0 aliphatic rings. The minimum absolute atomic E-state index is 0.671. The van der Waals surface area contributed by atoms with Gasteiger partial charge >= 0.3 is 0 Å². The minimum atomic E-state index is 0.671. The van der Waals surface area contributed by atoms with Gasteiger partial charge in [-0.05, 0) is 116 Å². The van der Waals surface area contributed by atoms with Gasteiger partial charge in [-0.1, -0.05) is 135 Å². The van der Waals surface area contributed by atoms with Crippen LogP contribution in [0.15, 0.2) is 36.4 Å². The SMILES string of the molecule is CCCCCCCCC([CH]Cc1cc(CCCC)cc(CCCC)c1)Cc1cc(CCCC)cc(CCCC)c1. The van der Waals surface area contributed by atoms with Gasteiger partial charge in [-0.3, -0.25) is 0 Å². The van der Waals surface area contributed by atoms with E-state index < -0.39 is 0 Å². The van der Waals surface area contributed by atoms with Crippen molar-refractivity contribution in [2.45, 2.75) is 169 Å². The molecule has 0 heteroatoms. The Morgan fingerprint density at radius 1 is 0.425 bits per heavy atom. The van der Waals surface area contributed by atoms with Crippen molar-refractivity contribution in [2.75, 3.05) is 0 Å². The van der Waals surface area contributed by atoms with Crippen molar-refractivity contribution in [1.82, 2.24) is 0 Å². The van der Waals surface area contributed by atoms with Crippen molar-refractivity contribution in [3.05, 3.63) is 76.2 Å². The van der Waals surface area contributed by atoms with Crippen molar-refractivity contribution in [3.8, 4) is 0 Å². The number of rotatable bonds is 24. The molecule has 0 saturated carbocycles. The molecule has 1 unspecified atom stereocenters. The summed E-state index contributed by atoms with van der Waals surface area (Å²) in [7, 11) is 0. The Kier molecular flexibility index (Phi) is 19.1. The standard InChI is InChI=1S/C40H65/c1-6-11-16-17-18-19-24-34(27-40-32-37(22-14-9-4)29-38(33-40)23-15-10-5)25-26-39-30-35(20-12-7-2)28-36(31-39)21-13-8-3/h25,28-34H,6-24,26-27H2,1-5H3. The van der Waals surface area contributed by atoms with Gasteiger partial charge < -0.3 is 0 Å². The number of hydrogen-bond acceptors (Lipinski definition) is 0. The average Bonchev–Trinajstić information content (AvgIpc) is 2.97. The number of unbranched alkanes of at least 4 members (excludes halogenated alkanes) is 9. The maximum Gasteiger partial charge on any atom is -0.0245 e. The predicted octanol–water partition coefficient (Wildman–Crippen LogP) is 12.4. The summed E-state index contributed by atoms with van der Waals surface area (Å²) >= 11 is 0. The monoisotopic (exact) mass is 546 g/mol. The Labute approximate surface area is 251 Å². The summed E-state index contributed by atoms with van der Waals surface area (Å²) in [5.41, 5.74) is 9.42. The molecule has 0 nitrogen and oxygen atoms in total. The van der Waals surface area contributed by atoms with Gasteiger partial charge in [0.15, 0.2) is 0 Å². The van der Waals surface area contributed by atoms with Gasteiger partial charge in [0.1, 0.15) is 0 Å². The molecule has 2 aromatic carbocycles. The number of benzene rings is 2. The first-order chi connectivity index (χ1) is 19.6. The highest BCUT2D eigenvalue weighted by atomic mass is 14.2. The topological polar surface area (TPSA) is 0 Å². The first kappa shape index (κ1) is 34.6. The summed E-state index contributed by atoms with van der Waals surface area (Å²) in [5.74, 6) is 0.671. The van der Waals surface area contributed by atoms with E-state index in [4.69, 9.17) is 0 Å². The molecule has 40 heavy (non-hydrogen) atoms. The van der Waals surface area contributed by atoms with E-state index in [1.807, 2.05) is 0 Å². The molecule has 0 aromatic heterocycles. The predicted molar refractivity (Wildman–Crippen MR) is 181 cm³/mol. The Morgan fingerprint density at radius 2 is 0.800 bits per heavy atom. The van der Waals surface area contributed by atoms with Crippen LogP contribution in [0.25, 0.3) is 0 Å². The molecule has 0 aliphatic carbocycles. The highest BCUT2D eigenvalue weighted by Crippen LogP contribution is 2.25. The molecule has 0 heterocycles. The van der Waals surface area contributed by atoms with Gasteiger partial charge in [0.25, 0.3) is 0 Å². The van der Waals surface area contributed by atoms with Crippen molar-refractivity contribution < 1.29 is 0 Å². The molecular weight excluding hydrogens is 480 g/mol. The van der Waals surface area contributed by atoms with Gasteiger partial charge in [0.2, 0.25) is 0 Å². The largest absolute Gasteiger partial charge is 0.0654 e. The van der Waals surface area contributed by atoms with Crippen LogP contribution in [0.5, 0.6) is 0 Å². The third-order valence-corrected chi connectivity index (χ3v) is 8.61. The molecule has 225 valence electrons. The molecule has 0 amide bonds. The minimum Gasteiger partial charge on any atom is -0.0654 e. The fourth-order valence-corrected chi connectivity index (χ4v) is 6.11. The summed E-state index contributed by atoms with van der Waals surface area (Å²) in [6, 6.07) is 15.2. The van der Waals surface area contributed by atoms with Gasteiger partial charge in [0, 0.05) is 0 Å². The lowest BCUT2D eigenvalue weighted by molar-refractivity contribution is 0.488. The second kappa shape index (κ2) is 22.1. The summed E-state index contributed by atoms with van der Waals surface area (Å²) in [6.07, 6.45) is 30.0. The van der Waals surface area contributed by atoms with Gasteiger partial charge in [0.05, 0.1) is 0 Å². The zero-order chi connectivity index (χ0) is 28.8. The molecule has 0 fully saturated rings. The van der Waals surface area contributed by atoms with Crippen LogP contribution in [0.3, 0.4) is 0 Å². The lowest BCUT2D eigenvalue weighted by atomic mass is 9.86. The van der Waals surface area contributed by atoms with Crippen LogP contribution < -0.4 is 0 Å². The van der Waals surface area contributed by atoms with E-state index in [9.17, 15) is 0 Å². The summed E-state index contributed by atoms with van der Waals surface area (Å²) in [5, 5.41) is 0. The van der Waals surface area contributed by atoms with E-state index in [0.717, 1.165) is 6.42 Å². The zero-order valence-electron chi connectivity index (χ0n) is 27.5. The third kappa shape index (κ3) is 14.9. The van der Waals surface area contributed by atoms with E-state index >= 15 is 0 Å². The molecule has 1 atom stereocenters. The van der Waals surface area contributed by atoms with Crippen LogP contribution in [-0.2, 0) is 38.5 Å². The van der Waals surface area contributed by atoms with Crippen LogP contribution in [0.4, 0.5) is 0 Å². The van der Waals surface area contributed by atoms with Crippen LogP contribution in [-0.4, -0.2) is 0 Å². The highest BCUT2D eigenvalue weighted by Gasteiger charge is 2.13. The Bertz CT molecular complexity index is 838. The Hall–Kier alpha value is -1.56. The smallest absolute Gasteiger partial charge is 0.0245 e. The second-order valence-electron chi connectivity index (χ2n) is 12.7. The van der Waals surface area contributed by atoms with E-state index in [2.05, 4.69) is 77.4 Å². The van der Waals surface area contributed by atoms with Crippen molar-refractivity contribution >= 4 is 0 Å². The number of aryl methyl sites for hydroxylation is 4. The molecule has 0 saturated heterocycles. The molecule has 0 N–H and O–H groups in total. The molecule has 0 aliphatic heterocycles. The maximum absolute atomic E-state index is 2.71. The lowest BCUT2D eigenvalue weighted by Crippen LogP contribution is -2.09. The lowest BCUT2D eigenvalue weighted by Gasteiger charge is -2.19. The van der Waals surface area contributed by atoms with E-state index in [1.165, 1.54) is 128 Å². The third-order valence-electron chi connectivity index (χ3n) is 8.61. The molecule has 0 bridgehead atoms. The fourth-order valence-electron chi connectivity index (χ4n) is 6.11. The van der Waals surface area contributed by atoms with Gasteiger partial charge in [-0.2, -0.15) is 0 Å². The van der Waals surface area contributed by atoms with Crippen LogP contribution >= 0.6 is 0 Å². The molecule has 0 spiro atoms. The van der Waals surface area contributed by atoms with Crippen LogP contribution in [0.2, 0.25) is 0 Å².